The van der Waals surface area contributed by atoms with Crippen LogP contribution in [-0.2, 0) is 19.1 Å². The number of carbonyl (C=O) groups excluding carboxylic acids is 4. The largest absolute Gasteiger partial charge is 0.382 e. The molecular weight excluding hydrogens is 414 g/mol. The predicted octanol–water partition coefficient (Wildman–Crippen LogP) is 2.11. The molecule has 0 spiro atoms. The Morgan fingerprint density at radius 1 is 1.00 bits per heavy atom. The molecule has 0 aromatic heterocycles. The van der Waals surface area contributed by atoms with Crippen LogP contribution < -0.4 is 10.6 Å². The molecule has 0 radical (unpaired) electrons. The summed E-state index contributed by atoms with van der Waals surface area (Å²) in [6.45, 7) is 4.82. The van der Waals surface area contributed by atoms with Gasteiger partial charge in [0.2, 0.25) is 11.8 Å². The monoisotopic (exact) mass is 445 g/mol. The highest BCUT2D eigenvalue weighted by atomic mass is 16.5. The number of amides is 4. The van der Waals surface area contributed by atoms with Crippen molar-refractivity contribution >= 4 is 29.3 Å². The number of rotatable bonds is 13. The third-order valence-electron chi connectivity index (χ3n) is 5.54. The molecule has 32 heavy (non-hydrogen) atoms. The van der Waals surface area contributed by atoms with Gasteiger partial charge >= 0.3 is 0 Å². The van der Waals surface area contributed by atoms with Crippen molar-refractivity contribution in [2.24, 2.45) is 0 Å². The first-order chi connectivity index (χ1) is 15.5. The average molecular weight is 446 g/mol. The van der Waals surface area contributed by atoms with Crippen LogP contribution in [-0.4, -0.2) is 67.5 Å². The standard InChI is InChI=1S/C23H31N3O6/c1-2-3-4-5-12-31-14-15-32-13-11-24-17-8-6-7-16-20(17)23(30)26(22(16)29)18-9-10-19(27)25-21(18)28/h6-8,18,24H,2-5,9-15H2,1H3,(H,25,27,28). The summed E-state index contributed by atoms with van der Waals surface area (Å²) >= 11 is 0. The van der Waals surface area contributed by atoms with Gasteiger partial charge in [-0.05, 0) is 25.0 Å². The van der Waals surface area contributed by atoms with Crippen LogP contribution in [0.5, 0.6) is 0 Å². The second kappa shape index (κ2) is 11.7. The molecule has 3 rings (SSSR count). The first kappa shape index (κ1) is 23.9. The minimum atomic E-state index is -0.974. The van der Waals surface area contributed by atoms with E-state index in [9.17, 15) is 19.2 Å². The van der Waals surface area contributed by atoms with Crippen molar-refractivity contribution in [3.8, 4) is 0 Å². The van der Waals surface area contributed by atoms with Gasteiger partial charge in [-0.2, -0.15) is 0 Å². The zero-order valence-corrected chi connectivity index (χ0v) is 18.5. The third-order valence-corrected chi connectivity index (χ3v) is 5.54. The van der Waals surface area contributed by atoms with Crippen LogP contribution >= 0.6 is 0 Å². The summed E-state index contributed by atoms with van der Waals surface area (Å²) < 4.78 is 11.1. The maximum Gasteiger partial charge on any atom is 0.264 e. The van der Waals surface area contributed by atoms with E-state index >= 15 is 0 Å². The Bertz CT molecular complexity index is 856. The number of unbranched alkanes of at least 4 members (excludes halogenated alkanes) is 3. The lowest BCUT2D eigenvalue weighted by Crippen LogP contribution is -2.54. The van der Waals surface area contributed by atoms with Gasteiger partial charge in [-0.1, -0.05) is 32.3 Å². The van der Waals surface area contributed by atoms with E-state index < -0.39 is 29.7 Å². The summed E-state index contributed by atoms with van der Waals surface area (Å²) in [6.07, 6.45) is 4.91. The lowest BCUT2D eigenvalue weighted by Gasteiger charge is -2.27. The van der Waals surface area contributed by atoms with E-state index in [1.54, 1.807) is 18.2 Å². The van der Waals surface area contributed by atoms with Crippen LogP contribution in [0.25, 0.3) is 0 Å². The highest BCUT2D eigenvalue weighted by Gasteiger charge is 2.45. The normalized spacial score (nSPS) is 18.2. The number of benzene rings is 1. The smallest absolute Gasteiger partial charge is 0.264 e. The molecule has 2 aliphatic heterocycles. The number of nitrogens with one attached hydrogen (secondary N) is 2. The van der Waals surface area contributed by atoms with Crippen LogP contribution in [0, 0.1) is 0 Å². The van der Waals surface area contributed by atoms with Crippen molar-refractivity contribution in [3.63, 3.8) is 0 Å². The fourth-order valence-corrected chi connectivity index (χ4v) is 3.87. The summed E-state index contributed by atoms with van der Waals surface area (Å²) in [5.74, 6) is -2.06. The van der Waals surface area contributed by atoms with Gasteiger partial charge in [0.1, 0.15) is 6.04 Å². The van der Waals surface area contributed by atoms with Crippen LogP contribution in [0.1, 0.15) is 66.2 Å². The Labute approximate surface area is 187 Å². The number of hydrogen-bond acceptors (Lipinski definition) is 7. The van der Waals surface area contributed by atoms with Gasteiger partial charge in [0.15, 0.2) is 0 Å². The Kier molecular flexibility index (Phi) is 8.75. The van der Waals surface area contributed by atoms with Gasteiger partial charge in [-0.25, -0.2) is 0 Å². The van der Waals surface area contributed by atoms with Gasteiger partial charge in [0, 0.05) is 25.3 Å². The summed E-state index contributed by atoms with van der Waals surface area (Å²) in [6, 6.07) is 4.00. The van der Waals surface area contributed by atoms with Crippen molar-refractivity contribution in [1.29, 1.82) is 0 Å². The lowest BCUT2D eigenvalue weighted by molar-refractivity contribution is -0.136. The first-order valence-electron chi connectivity index (χ1n) is 11.3. The van der Waals surface area contributed by atoms with Gasteiger partial charge in [-0.15, -0.1) is 0 Å². The van der Waals surface area contributed by atoms with Gasteiger partial charge in [-0.3, -0.25) is 29.4 Å². The molecule has 1 unspecified atom stereocenters. The number of imide groups is 2. The SMILES string of the molecule is CCCCCCOCCOCCNc1cccc2c1C(=O)N(C1CCC(=O)NC1=O)C2=O. The fraction of sp³-hybridized carbons (Fsp3) is 0.565. The first-order valence-corrected chi connectivity index (χ1v) is 11.3. The second-order valence-corrected chi connectivity index (χ2v) is 7.89. The molecule has 0 aliphatic carbocycles. The maximum atomic E-state index is 13.0. The summed E-state index contributed by atoms with van der Waals surface area (Å²) in [5, 5.41) is 5.34. The summed E-state index contributed by atoms with van der Waals surface area (Å²) in [7, 11) is 0. The molecule has 4 amide bonds. The van der Waals surface area contributed by atoms with Gasteiger partial charge < -0.3 is 14.8 Å². The van der Waals surface area contributed by atoms with Crippen LogP contribution in [0.3, 0.4) is 0 Å². The van der Waals surface area contributed by atoms with Crippen LogP contribution in [0.2, 0.25) is 0 Å². The molecule has 0 saturated carbocycles. The zero-order valence-electron chi connectivity index (χ0n) is 18.5. The molecule has 2 aliphatic rings. The zero-order chi connectivity index (χ0) is 22.9. The molecule has 9 nitrogen and oxygen atoms in total. The number of anilines is 1. The molecule has 1 aromatic rings. The van der Waals surface area contributed by atoms with E-state index in [1.165, 1.54) is 19.3 Å². The van der Waals surface area contributed by atoms with E-state index in [0.717, 1.165) is 17.9 Å². The minimum Gasteiger partial charge on any atom is -0.382 e. The van der Waals surface area contributed by atoms with E-state index in [1.807, 2.05) is 0 Å². The van der Waals surface area contributed by atoms with E-state index in [-0.39, 0.29) is 24.0 Å². The van der Waals surface area contributed by atoms with Crippen molar-refractivity contribution in [3.05, 3.63) is 29.3 Å². The molecule has 1 aromatic carbocycles. The van der Waals surface area contributed by atoms with Crippen molar-refractivity contribution in [2.75, 3.05) is 38.3 Å². The molecule has 1 saturated heterocycles. The predicted molar refractivity (Wildman–Crippen MR) is 117 cm³/mol. The topological polar surface area (TPSA) is 114 Å². The number of piperidine rings is 1. The highest BCUT2D eigenvalue weighted by molar-refractivity contribution is 6.25. The number of carbonyl (C=O) groups is 4. The molecule has 2 heterocycles. The number of hydrogen-bond donors (Lipinski definition) is 2. The van der Waals surface area contributed by atoms with Crippen molar-refractivity contribution in [1.82, 2.24) is 10.2 Å². The highest BCUT2D eigenvalue weighted by Crippen LogP contribution is 2.32. The Morgan fingerprint density at radius 2 is 1.78 bits per heavy atom. The number of ether oxygens (including phenoxy) is 2. The number of fused-ring (bicyclic) bond motifs is 1. The van der Waals surface area contributed by atoms with Gasteiger partial charge in [0.05, 0.1) is 30.9 Å². The number of nitrogens with zero attached hydrogens (tertiary/aromatic N) is 1. The molecule has 9 heteroatoms. The molecule has 0 bridgehead atoms. The maximum absolute atomic E-state index is 13.0. The summed E-state index contributed by atoms with van der Waals surface area (Å²) in [5.41, 5.74) is 1.02. The molecule has 174 valence electrons. The van der Waals surface area contributed by atoms with Gasteiger partial charge in [0.25, 0.3) is 11.8 Å². The quantitative estimate of drug-likeness (QED) is 0.353. The molecule has 1 fully saturated rings. The molecule has 1 atom stereocenters. The molecular formula is C23H31N3O6. The van der Waals surface area contributed by atoms with Crippen molar-refractivity contribution < 1.29 is 28.7 Å². The Balaban J connectivity index is 1.47. The fourth-order valence-electron chi connectivity index (χ4n) is 3.87. The summed E-state index contributed by atoms with van der Waals surface area (Å²) in [4.78, 5) is 50.4. The van der Waals surface area contributed by atoms with Crippen LogP contribution in [0.15, 0.2) is 18.2 Å². The molecule has 2 N–H and O–H groups in total. The van der Waals surface area contributed by atoms with E-state index in [2.05, 4.69) is 17.6 Å². The Morgan fingerprint density at radius 3 is 2.53 bits per heavy atom. The Hall–Kier alpha value is -2.78. The van der Waals surface area contributed by atoms with E-state index in [0.29, 0.717) is 32.1 Å². The van der Waals surface area contributed by atoms with Crippen molar-refractivity contribution in [2.45, 2.75) is 51.5 Å². The van der Waals surface area contributed by atoms with Crippen LogP contribution in [0.4, 0.5) is 5.69 Å². The lowest BCUT2D eigenvalue weighted by atomic mass is 10.0. The minimum absolute atomic E-state index is 0.0920. The third kappa shape index (κ3) is 5.72. The second-order valence-electron chi connectivity index (χ2n) is 7.89. The van der Waals surface area contributed by atoms with E-state index in [4.69, 9.17) is 9.47 Å². The average Bonchev–Trinajstić information content (AvgIpc) is 3.03.